The summed E-state index contributed by atoms with van der Waals surface area (Å²) in [4.78, 5) is 68.3. The maximum atomic E-state index is 13.2. The zero-order valence-electron chi connectivity index (χ0n) is 19.4. The van der Waals surface area contributed by atoms with E-state index in [0.717, 1.165) is 5.56 Å². The van der Waals surface area contributed by atoms with E-state index in [2.05, 4.69) is 43.9 Å². The van der Waals surface area contributed by atoms with Gasteiger partial charge in [0.15, 0.2) is 0 Å². The van der Waals surface area contributed by atoms with Crippen LogP contribution in [0.5, 0.6) is 0 Å². The number of aromatic amines is 1. The fourth-order valence-corrected chi connectivity index (χ4v) is 3.43. The van der Waals surface area contributed by atoms with Crippen LogP contribution in [0.25, 0.3) is 0 Å². The van der Waals surface area contributed by atoms with Gasteiger partial charge in [0, 0.05) is 30.5 Å². The van der Waals surface area contributed by atoms with Crippen LogP contribution in [0.1, 0.15) is 11.3 Å². The van der Waals surface area contributed by atoms with Gasteiger partial charge in [-0.2, -0.15) is 12.6 Å². The van der Waals surface area contributed by atoms with E-state index in [9.17, 15) is 24.0 Å². The van der Waals surface area contributed by atoms with E-state index in [1.54, 1.807) is 30.3 Å². The average molecular weight is 519 g/mol. The fourth-order valence-electron chi connectivity index (χ4n) is 3.17. The van der Waals surface area contributed by atoms with Gasteiger partial charge in [0.2, 0.25) is 29.5 Å². The minimum absolute atomic E-state index is 0.0721. The molecule has 3 atom stereocenters. The lowest BCUT2D eigenvalue weighted by Gasteiger charge is -2.25. The molecule has 1 aromatic carbocycles. The number of carbonyl (C=O) groups is 5. The highest BCUT2D eigenvalue weighted by atomic mass is 32.1. The highest BCUT2D eigenvalue weighted by molar-refractivity contribution is 7.80. The first-order valence-corrected chi connectivity index (χ1v) is 11.6. The fraction of sp³-hybridized carbons (Fsp3) is 0.364. The standard InChI is InChI=1S/C22H30N8O5S/c23-8-19(32)28-16(7-14-9-25-12-27-14)22(35)29-15(6-13-4-2-1-3-5-13)21(34)30-17(11-36)20(33)26-10-18(24)31/h1-5,9,12,15-17,36H,6-8,10-11,23H2,(H2,24,31)(H,25,27)(H,26,33)(H,28,32)(H,29,35)(H,30,34)/t15-,16-,17-/m0/s1. The molecular formula is C22H30N8O5S. The first kappa shape index (κ1) is 28.3. The first-order valence-electron chi connectivity index (χ1n) is 11.0. The number of amides is 5. The molecule has 2 aromatic rings. The van der Waals surface area contributed by atoms with Crippen molar-refractivity contribution in [3.05, 3.63) is 54.1 Å². The van der Waals surface area contributed by atoms with E-state index in [0.29, 0.717) is 5.69 Å². The summed E-state index contributed by atoms with van der Waals surface area (Å²) in [5.74, 6) is -3.33. The molecule has 1 heterocycles. The summed E-state index contributed by atoms with van der Waals surface area (Å²) in [6.45, 7) is -0.732. The lowest BCUT2D eigenvalue weighted by Crippen LogP contribution is -2.58. The molecule has 36 heavy (non-hydrogen) atoms. The summed E-state index contributed by atoms with van der Waals surface area (Å²) in [6.07, 6.45) is 3.11. The quantitative estimate of drug-likeness (QED) is 0.122. The molecule has 0 spiro atoms. The van der Waals surface area contributed by atoms with Crippen molar-refractivity contribution in [2.75, 3.05) is 18.8 Å². The second-order valence-electron chi connectivity index (χ2n) is 7.78. The summed E-state index contributed by atoms with van der Waals surface area (Å²) in [6, 6.07) is 5.68. The molecule has 0 bridgehead atoms. The van der Waals surface area contributed by atoms with E-state index in [4.69, 9.17) is 11.5 Å². The van der Waals surface area contributed by atoms with Crippen LogP contribution in [0, 0.1) is 0 Å². The Hall–Kier alpha value is -3.91. The molecule has 0 radical (unpaired) electrons. The largest absolute Gasteiger partial charge is 0.368 e. The molecule has 0 fully saturated rings. The Morgan fingerprint density at radius 2 is 1.56 bits per heavy atom. The number of rotatable bonds is 14. The van der Waals surface area contributed by atoms with Crippen molar-refractivity contribution < 1.29 is 24.0 Å². The van der Waals surface area contributed by atoms with Crippen LogP contribution in [0.3, 0.4) is 0 Å². The average Bonchev–Trinajstić information content (AvgIpc) is 3.38. The van der Waals surface area contributed by atoms with Gasteiger partial charge < -0.3 is 37.7 Å². The van der Waals surface area contributed by atoms with Crippen LogP contribution in [-0.4, -0.2) is 76.5 Å². The molecular weight excluding hydrogens is 488 g/mol. The normalized spacial score (nSPS) is 13.1. The van der Waals surface area contributed by atoms with Crippen molar-refractivity contribution in [1.82, 2.24) is 31.2 Å². The number of nitrogens with two attached hydrogens (primary N) is 2. The van der Waals surface area contributed by atoms with Crippen LogP contribution < -0.4 is 32.7 Å². The summed E-state index contributed by atoms with van der Waals surface area (Å²) < 4.78 is 0. The monoisotopic (exact) mass is 518 g/mol. The van der Waals surface area contributed by atoms with Crippen molar-refractivity contribution in [2.24, 2.45) is 11.5 Å². The number of aromatic nitrogens is 2. The predicted octanol–water partition coefficient (Wildman–Crippen LogP) is -2.86. The summed E-state index contributed by atoms with van der Waals surface area (Å²) >= 11 is 4.09. The van der Waals surface area contributed by atoms with Crippen LogP contribution >= 0.6 is 12.6 Å². The number of hydrogen-bond donors (Lipinski definition) is 8. The van der Waals surface area contributed by atoms with Crippen molar-refractivity contribution in [2.45, 2.75) is 31.0 Å². The van der Waals surface area contributed by atoms with E-state index in [1.165, 1.54) is 12.5 Å². The molecule has 0 aliphatic carbocycles. The van der Waals surface area contributed by atoms with Gasteiger partial charge >= 0.3 is 0 Å². The number of H-pyrrole nitrogens is 1. The van der Waals surface area contributed by atoms with Crippen molar-refractivity contribution in [1.29, 1.82) is 0 Å². The van der Waals surface area contributed by atoms with Gasteiger partial charge in [0.1, 0.15) is 18.1 Å². The van der Waals surface area contributed by atoms with Crippen LogP contribution in [0.4, 0.5) is 0 Å². The Morgan fingerprint density at radius 1 is 0.917 bits per heavy atom. The Morgan fingerprint density at radius 3 is 2.11 bits per heavy atom. The van der Waals surface area contributed by atoms with E-state index in [-0.39, 0.29) is 25.1 Å². The second-order valence-corrected chi connectivity index (χ2v) is 8.15. The number of imidazole rings is 1. The first-order chi connectivity index (χ1) is 17.2. The zero-order chi connectivity index (χ0) is 26.5. The van der Waals surface area contributed by atoms with Gasteiger partial charge in [0.05, 0.1) is 19.4 Å². The van der Waals surface area contributed by atoms with E-state index >= 15 is 0 Å². The summed E-state index contributed by atoms with van der Waals surface area (Å²) in [7, 11) is 0. The Kier molecular flexibility index (Phi) is 11.4. The van der Waals surface area contributed by atoms with E-state index < -0.39 is 54.2 Å². The maximum absolute atomic E-state index is 13.2. The molecule has 13 nitrogen and oxygen atoms in total. The molecule has 0 unspecified atom stereocenters. The zero-order valence-corrected chi connectivity index (χ0v) is 20.3. The van der Waals surface area contributed by atoms with Crippen LogP contribution in [0.15, 0.2) is 42.9 Å². The lowest BCUT2D eigenvalue weighted by molar-refractivity contribution is -0.133. The molecule has 1 aromatic heterocycles. The highest BCUT2D eigenvalue weighted by Gasteiger charge is 2.29. The molecule has 14 heteroatoms. The molecule has 2 rings (SSSR count). The third-order valence-corrected chi connectivity index (χ3v) is 5.35. The van der Waals surface area contributed by atoms with Crippen LogP contribution in [-0.2, 0) is 36.8 Å². The maximum Gasteiger partial charge on any atom is 0.243 e. The van der Waals surface area contributed by atoms with Gasteiger partial charge in [-0.05, 0) is 5.56 Å². The Balaban J connectivity index is 2.20. The minimum atomic E-state index is -1.11. The number of hydrogen-bond acceptors (Lipinski definition) is 8. The highest BCUT2D eigenvalue weighted by Crippen LogP contribution is 2.06. The molecule has 0 aliphatic heterocycles. The number of primary amides is 1. The number of carbonyl (C=O) groups excluding carboxylic acids is 5. The molecule has 0 aliphatic rings. The van der Waals surface area contributed by atoms with Crippen molar-refractivity contribution in [3.8, 4) is 0 Å². The van der Waals surface area contributed by atoms with Gasteiger partial charge in [0.25, 0.3) is 0 Å². The van der Waals surface area contributed by atoms with Crippen molar-refractivity contribution >= 4 is 42.2 Å². The predicted molar refractivity (Wildman–Crippen MR) is 133 cm³/mol. The second kappa shape index (κ2) is 14.5. The lowest BCUT2D eigenvalue weighted by atomic mass is 10.0. The number of nitrogens with zero attached hydrogens (tertiary/aromatic N) is 1. The van der Waals surface area contributed by atoms with E-state index in [1.807, 2.05) is 0 Å². The molecule has 9 N–H and O–H groups in total. The SMILES string of the molecule is NCC(=O)N[C@@H](Cc1cnc[nH]1)C(=O)N[C@@H](Cc1ccccc1)C(=O)N[C@@H](CS)C(=O)NCC(N)=O. The number of thiol groups is 1. The van der Waals surface area contributed by atoms with Gasteiger partial charge in [-0.25, -0.2) is 4.98 Å². The molecule has 5 amide bonds. The summed E-state index contributed by atoms with van der Waals surface area (Å²) in [5, 5.41) is 10.0. The third kappa shape index (κ3) is 9.38. The smallest absolute Gasteiger partial charge is 0.243 e. The molecule has 194 valence electrons. The topological polar surface area (TPSA) is 214 Å². The Bertz CT molecular complexity index is 1030. The van der Waals surface area contributed by atoms with Gasteiger partial charge in [-0.15, -0.1) is 0 Å². The Labute approximate surface area is 213 Å². The molecule has 0 saturated heterocycles. The van der Waals surface area contributed by atoms with Gasteiger partial charge in [-0.1, -0.05) is 30.3 Å². The van der Waals surface area contributed by atoms with Gasteiger partial charge in [-0.3, -0.25) is 24.0 Å². The number of benzene rings is 1. The summed E-state index contributed by atoms with van der Waals surface area (Å²) in [5.41, 5.74) is 11.8. The van der Waals surface area contributed by atoms with Crippen LogP contribution in [0.2, 0.25) is 0 Å². The van der Waals surface area contributed by atoms with Crippen molar-refractivity contribution in [3.63, 3.8) is 0 Å². The minimum Gasteiger partial charge on any atom is -0.368 e. The third-order valence-electron chi connectivity index (χ3n) is 4.98. The molecule has 0 saturated carbocycles. The number of nitrogens with one attached hydrogen (secondary N) is 5.